The van der Waals surface area contributed by atoms with Gasteiger partial charge in [0, 0.05) is 23.7 Å². The van der Waals surface area contributed by atoms with Crippen molar-refractivity contribution in [2.75, 3.05) is 0 Å². The molecule has 2 aromatic rings. The summed E-state index contributed by atoms with van der Waals surface area (Å²) in [6.45, 7) is 8.00. The molecule has 4 nitrogen and oxygen atoms in total. The second kappa shape index (κ2) is 6.13. The van der Waals surface area contributed by atoms with E-state index in [2.05, 4.69) is 15.0 Å². The summed E-state index contributed by atoms with van der Waals surface area (Å²) in [4.78, 5) is 11.9. The van der Waals surface area contributed by atoms with Gasteiger partial charge in [-0.15, -0.1) is 0 Å². The second-order valence-electron chi connectivity index (χ2n) is 4.92. The van der Waals surface area contributed by atoms with Crippen molar-refractivity contribution in [2.24, 2.45) is 0 Å². The van der Waals surface area contributed by atoms with Crippen molar-refractivity contribution in [2.45, 2.75) is 40.2 Å². The lowest BCUT2D eigenvalue weighted by atomic mass is 10.1. The molecule has 0 aliphatic rings. The molecule has 0 unspecified atom stereocenters. The summed E-state index contributed by atoms with van der Waals surface area (Å²) in [6.07, 6.45) is 4.46. The minimum absolute atomic E-state index is 0.121. The van der Waals surface area contributed by atoms with E-state index in [0.717, 1.165) is 34.8 Å². The van der Waals surface area contributed by atoms with Crippen LogP contribution in [0.2, 0.25) is 0 Å². The Balaban J connectivity index is 2.51. The highest BCUT2D eigenvalue weighted by Crippen LogP contribution is 2.24. The number of nitrogens with one attached hydrogen (secondary N) is 1. The molecular weight excluding hydrogens is 270 g/mol. The summed E-state index contributed by atoms with van der Waals surface area (Å²) in [7, 11) is 0. The highest BCUT2D eigenvalue weighted by atomic mass is 32.1. The van der Waals surface area contributed by atoms with Crippen molar-refractivity contribution in [1.82, 2.24) is 15.0 Å². The number of nitrogens with zero attached hydrogens (tertiary/aromatic N) is 2. The standard InChI is InChI=1S/C15H19N3OS/c1-5-13-17-14(10(4)15(20)18-13)11-6-12(8-16-7-11)19-9(2)3/h6-9H,5H2,1-4H3,(H,17,18,20). The topological polar surface area (TPSA) is 50.8 Å². The van der Waals surface area contributed by atoms with Crippen LogP contribution >= 0.6 is 12.2 Å². The van der Waals surface area contributed by atoms with Crippen molar-refractivity contribution in [3.05, 3.63) is 34.5 Å². The van der Waals surface area contributed by atoms with E-state index in [9.17, 15) is 0 Å². The maximum Gasteiger partial charge on any atom is 0.138 e. The monoisotopic (exact) mass is 289 g/mol. The first kappa shape index (κ1) is 14.7. The summed E-state index contributed by atoms with van der Waals surface area (Å²) in [6, 6.07) is 1.97. The number of hydrogen-bond acceptors (Lipinski definition) is 4. The van der Waals surface area contributed by atoms with Crippen LogP contribution in [0.25, 0.3) is 11.3 Å². The number of hydrogen-bond donors (Lipinski definition) is 1. The molecule has 1 N–H and O–H groups in total. The summed E-state index contributed by atoms with van der Waals surface area (Å²) in [5.41, 5.74) is 2.88. The zero-order valence-corrected chi connectivity index (χ0v) is 13.0. The van der Waals surface area contributed by atoms with E-state index < -0.39 is 0 Å². The van der Waals surface area contributed by atoms with Gasteiger partial charge >= 0.3 is 0 Å². The van der Waals surface area contributed by atoms with E-state index in [-0.39, 0.29) is 6.10 Å². The van der Waals surface area contributed by atoms with Gasteiger partial charge in [0.25, 0.3) is 0 Å². The van der Waals surface area contributed by atoms with Crippen LogP contribution in [0.4, 0.5) is 0 Å². The van der Waals surface area contributed by atoms with E-state index in [4.69, 9.17) is 17.0 Å². The van der Waals surface area contributed by atoms with Crippen molar-refractivity contribution in [1.29, 1.82) is 0 Å². The number of aromatic amines is 1. The van der Waals surface area contributed by atoms with Crippen molar-refractivity contribution >= 4 is 12.2 Å². The minimum atomic E-state index is 0.121. The number of aryl methyl sites for hydroxylation is 1. The number of rotatable bonds is 4. The van der Waals surface area contributed by atoms with Gasteiger partial charge in [-0.2, -0.15) is 0 Å². The Hall–Kier alpha value is -1.75. The molecular formula is C15H19N3OS. The van der Waals surface area contributed by atoms with Crippen LogP contribution in [0.1, 0.15) is 32.2 Å². The van der Waals surface area contributed by atoms with E-state index in [1.807, 2.05) is 33.8 Å². The molecule has 5 heteroatoms. The molecule has 0 aliphatic heterocycles. The van der Waals surface area contributed by atoms with Gasteiger partial charge < -0.3 is 9.72 Å². The molecule has 20 heavy (non-hydrogen) atoms. The Labute approximate surface area is 124 Å². The molecule has 0 saturated heterocycles. The average Bonchev–Trinajstić information content (AvgIpc) is 2.41. The van der Waals surface area contributed by atoms with Crippen LogP contribution in [0.3, 0.4) is 0 Å². The van der Waals surface area contributed by atoms with Crippen LogP contribution in [0.15, 0.2) is 18.5 Å². The molecule has 0 bridgehead atoms. The fraction of sp³-hybridized carbons (Fsp3) is 0.400. The molecule has 0 atom stereocenters. The lowest BCUT2D eigenvalue weighted by molar-refractivity contribution is 0.241. The second-order valence-corrected chi connectivity index (χ2v) is 5.30. The third kappa shape index (κ3) is 3.22. The molecule has 0 amide bonds. The van der Waals surface area contributed by atoms with Gasteiger partial charge in [0.2, 0.25) is 0 Å². The minimum Gasteiger partial charge on any atom is -0.489 e. The largest absolute Gasteiger partial charge is 0.489 e. The van der Waals surface area contributed by atoms with Gasteiger partial charge in [0.05, 0.1) is 18.0 Å². The molecule has 2 rings (SSSR count). The number of H-pyrrole nitrogens is 1. The van der Waals surface area contributed by atoms with Crippen molar-refractivity contribution in [3.8, 4) is 17.0 Å². The van der Waals surface area contributed by atoms with Crippen LogP contribution in [0.5, 0.6) is 5.75 Å². The molecule has 0 radical (unpaired) electrons. The quantitative estimate of drug-likeness (QED) is 0.868. The van der Waals surface area contributed by atoms with Crippen LogP contribution in [-0.2, 0) is 6.42 Å². The SMILES string of the molecule is CCc1nc(=S)c(C)c(-c2cncc(OC(C)C)c2)[nH]1. The third-order valence-corrected chi connectivity index (χ3v) is 3.31. The first-order valence-electron chi connectivity index (χ1n) is 6.73. The molecule has 2 aromatic heterocycles. The highest BCUT2D eigenvalue weighted by molar-refractivity contribution is 7.71. The Morgan fingerprint density at radius 3 is 2.75 bits per heavy atom. The van der Waals surface area contributed by atoms with E-state index >= 15 is 0 Å². The van der Waals surface area contributed by atoms with Crippen molar-refractivity contribution in [3.63, 3.8) is 0 Å². The van der Waals surface area contributed by atoms with Gasteiger partial charge in [-0.05, 0) is 26.8 Å². The van der Waals surface area contributed by atoms with E-state index in [0.29, 0.717) is 4.64 Å². The number of ether oxygens (including phenoxy) is 1. The van der Waals surface area contributed by atoms with Crippen molar-refractivity contribution < 1.29 is 4.74 Å². The zero-order chi connectivity index (χ0) is 14.7. The lowest BCUT2D eigenvalue weighted by Crippen LogP contribution is -2.06. The molecule has 2 heterocycles. The van der Waals surface area contributed by atoms with Gasteiger partial charge in [-0.3, -0.25) is 4.98 Å². The molecule has 106 valence electrons. The number of aromatic nitrogens is 3. The first-order valence-corrected chi connectivity index (χ1v) is 7.14. The van der Waals surface area contributed by atoms with Gasteiger partial charge in [-0.1, -0.05) is 19.1 Å². The van der Waals surface area contributed by atoms with Crippen LogP contribution in [0, 0.1) is 11.6 Å². The van der Waals surface area contributed by atoms with Crippen LogP contribution in [-0.4, -0.2) is 21.1 Å². The van der Waals surface area contributed by atoms with Gasteiger partial charge in [-0.25, -0.2) is 4.98 Å². The zero-order valence-electron chi connectivity index (χ0n) is 12.2. The molecule has 0 saturated carbocycles. The third-order valence-electron chi connectivity index (χ3n) is 2.91. The number of pyridine rings is 1. The first-order chi connectivity index (χ1) is 9.51. The Kier molecular flexibility index (Phi) is 4.49. The molecule has 0 aromatic carbocycles. The highest BCUT2D eigenvalue weighted by Gasteiger charge is 2.09. The summed E-state index contributed by atoms with van der Waals surface area (Å²) < 4.78 is 6.32. The maximum absolute atomic E-state index is 5.68. The maximum atomic E-state index is 5.68. The summed E-state index contributed by atoms with van der Waals surface area (Å²) in [5, 5.41) is 0. The van der Waals surface area contributed by atoms with Gasteiger partial charge in [0.1, 0.15) is 16.2 Å². The fourth-order valence-electron chi connectivity index (χ4n) is 1.93. The Bertz CT molecular complexity index is 664. The predicted octanol–water partition coefficient (Wildman–Crippen LogP) is 3.86. The van der Waals surface area contributed by atoms with Gasteiger partial charge in [0.15, 0.2) is 0 Å². The average molecular weight is 289 g/mol. The fourth-order valence-corrected chi connectivity index (χ4v) is 2.14. The smallest absolute Gasteiger partial charge is 0.138 e. The van der Waals surface area contributed by atoms with Crippen LogP contribution < -0.4 is 4.74 Å². The molecule has 0 spiro atoms. The molecule has 0 fully saturated rings. The van der Waals surface area contributed by atoms with E-state index in [1.54, 1.807) is 12.4 Å². The normalized spacial score (nSPS) is 10.8. The lowest BCUT2D eigenvalue weighted by Gasteiger charge is -2.12. The summed E-state index contributed by atoms with van der Waals surface area (Å²) in [5.74, 6) is 1.64. The predicted molar refractivity (Wildman–Crippen MR) is 82.5 cm³/mol. The summed E-state index contributed by atoms with van der Waals surface area (Å²) >= 11 is 5.31. The molecule has 0 aliphatic carbocycles. The van der Waals surface area contributed by atoms with E-state index in [1.165, 1.54) is 0 Å². The Morgan fingerprint density at radius 2 is 2.10 bits per heavy atom. The Morgan fingerprint density at radius 1 is 1.35 bits per heavy atom.